The molecule has 0 heterocycles. The highest BCUT2D eigenvalue weighted by Gasteiger charge is 3.04. The van der Waals surface area contributed by atoms with Gasteiger partial charge in [0.1, 0.15) is 0 Å². The van der Waals surface area contributed by atoms with E-state index in [0.717, 1.165) is 23.2 Å². The van der Waals surface area contributed by atoms with Crippen LogP contribution >= 0.6 is 12.4 Å². The molecule has 0 aliphatic heterocycles. The largest absolute Gasteiger partial charge is 0.327 e. The van der Waals surface area contributed by atoms with E-state index < -0.39 is 0 Å². The fourth-order valence-corrected chi connectivity index (χ4v) is 6.43. The number of hydrogen-bond donors (Lipinski definition) is 1. The number of rotatable bonds is 1. The van der Waals surface area contributed by atoms with Gasteiger partial charge < -0.3 is 5.73 Å². The highest BCUT2D eigenvalue weighted by Crippen LogP contribution is 3.06. The zero-order valence-corrected chi connectivity index (χ0v) is 7.92. The van der Waals surface area contributed by atoms with Crippen LogP contribution in [0.4, 0.5) is 0 Å². The molecule has 0 spiro atoms. The Kier molecular flexibility index (Phi) is 0.718. The molecule has 0 bridgehead atoms. The van der Waals surface area contributed by atoms with Crippen molar-refractivity contribution in [1.82, 2.24) is 0 Å². The summed E-state index contributed by atoms with van der Waals surface area (Å²) >= 11 is 0. The molecule has 6 aliphatic carbocycles. The minimum atomic E-state index is 0. The van der Waals surface area contributed by atoms with Crippen LogP contribution in [0.3, 0.4) is 0 Å². The number of nitrogens with two attached hydrogens (primary N) is 1. The summed E-state index contributed by atoms with van der Waals surface area (Å²) in [6.45, 7) is 2.25. The summed E-state index contributed by atoms with van der Waals surface area (Å²) in [4.78, 5) is 0. The predicted molar refractivity (Wildman–Crippen MR) is 47.8 cm³/mol. The second-order valence-electron chi connectivity index (χ2n) is 5.68. The highest BCUT2D eigenvalue weighted by molar-refractivity contribution is 5.85. The van der Waals surface area contributed by atoms with Crippen molar-refractivity contribution in [3.8, 4) is 0 Å². The van der Waals surface area contributed by atoms with E-state index in [1.807, 2.05) is 0 Å². The molecule has 0 aromatic rings. The maximum absolute atomic E-state index is 6.09. The third kappa shape index (κ3) is 0.242. The molecule has 6 rings (SSSR count). The van der Waals surface area contributed by atoms with Crippen LogP contribution in [-0.4, -0.2) is 6.04 Å². The minimum Gasteiger partial charge on any atom is -0.327 e. The van der Waals surface area contributed by atoms with Gasteiger partial charge >= 0.3 is 0 Å². The van der Waals surface area contributed by atoms with Crippen LogP contribution < -0.4 is 5.73 Å². The molecule has 1 atom stereocenters. The lowest BCUT2D eigenvalue weighted by molar-refractivity contribution is -0.617. The Hall–Kier alpha value is 0.250. The average Bonchev–Trinajstić information content (AvgIpc) is 2.05. The summed E-state index contributed by atoms with van der Waals surface area (Å²) < 4.78 is 0. The quantitative estimate of drug-likeness (QED) is 0.648. The van der Waals surface area contributed by atoms with E-state index in [1.165, 1.54) is 23.7 Å². The van der Waals surface area contributed by atoms with Crippen molar-refractivity contribution in [3.63, 3.8) is 0 Å². The van der Waals surface area contributed by atoms with Gasteiger partial charge in [-0.2, -0.15) is 0 Å². The lowest BCUT2D eigenvalue weighted by Gasteiger charge is -3.08. The Balaban J connectivity index is 0.000000450. The van der Waals surface area contributed by atoms with Crippen LogP contribution in [0.15, 0.2) is 0 Å². The molecule has 66 valence electrons. The van der Waals surface area contributed by atoms with Crippen LogP contribution in [0.2, 0.25) is 0 Å². The summed E-state index contributed by atoms with van der Waals surface area (Å²) in [5, 5.41) is 0. The van der Waals surface area contributed by atoms with E-state index in [9.17, 15) is 0 Å². The molecule has 1 nitrogen and oxygen atoms in total. The third-order valence-electron chi connectivity index (χ3n) is 6.34. The van der Waals surface area contributed by atoms with Crippen molar-refractivity contribution in [2.45, 2.75) is 13.0 Å². The van der Waals surface area contributed by atoms with E-state index in [4.69, 9.17) is 5.73 Å². The topological polar surface area (TPSA) is 26.0 Å². The summed E-state index contributed by atoms with van der Waals surface area (Å²) in [6, 6.07) is 0.521. The molecule has 0 amide bonds. The van der Waals surface area contributed by atoms with Crippen molar-refractivity contribution in [3.05, 3.63) is 0 Å². The molecular weight excluding hydrogens is 170 g/mol. The smallest absolute Gasteiger partial charge is 0.00756 e. The normalized spacial score (nSPS) is 84.0. The monoisotopic (exact) mass is 183 g/mol. The fraction of sp³-hybridized carbons (Fsp3) is 1.00. The van der Waals surface area contributed by atoms with Crippen LogP contribution in [0.5, 0.6) is 0 Å². The minimum absolute atomic E-state index is 0. The van der Waals surface area contributed by atoms with Gasteiger partial charge in [0, 0.05) is 6.04 Å². The highest BCUT2D eigenvalue weighted by atomic mass is 35.5. The van der Waals surface area contributed by atoms with Gasteiger partial charge in [0.15, 0.2) is 0 Å². The van der Waals surface area contributed by atoms with E-state index >= 15 is 0 Å². The molecular formula is C10H14ClN. The van der Waals surface area contributed by atoms with Gasteiger partial charge in [0.25, 0.3) is 0 Å². The lowest BCUT2D eigenvalue weighted by atomic mass is 8.96. The zero-order chi connectivity index (χ0) is 7.12. The summed E-state index contributed by atoms with van der Waals surface area (Å²) in [6.07, 6.45) is 0. The summed E-state index contributed by atoms with van der Waals surface area (Å²) in [5.74, 6) is 8.31. The van der Waals surface area contributed by atoms with Crippen LogP contribution in [-0.2, 0) is 0 Å². The van der Waals surface area contributed by atoms with E-state index in [1.54, 1.807) is 0 Å². The van der Waals surface area contributed by atoms with Crippen molar-refractivity contribution in [2.75, 3.05) is 0 Å². The molecule has 6 saturated carbocycles. The first-order valence-corrected chi connectivity index (χ1v) is 5.07. The maximum Gasteiger partial charge on any atom is 0.00756 e. The molecule has 0 radical (unpaired) electrons. The summed E-state index contributed by atoms with van der Waals surface area (Å²) in [5.41, 5.74) is 6.83. The van der Waals surface area contributed by atoms with Gasteiger partial charge in [-0.25, -0.2) is 0 Å². The van der Waals surface area contributed by atoms with Crippen LogP contribution in [0, 0.1) is 46.8 Å². The van der Waals surface area contributed by atoms with E-state index in [0.29, 0.717) is 6.04 Å². The van der Waals surface area contributed by atoms with Crippen LogP contribution in [0.25, 0.3) is 0 Å². The second kappa shape index (κ2) is 1.29. The van der Waals surface area contributed by atoms with E-state index in [-0.39, 0.29) is 12.4 Å². The van der Waals surface area contributed by atoms with Gasteiger partial charge in [-0.3, -0.25) is 0 Å². The Labute approximate surface area is 78.5 Å². The molecule has 2 heteroatoms. The standard InChI is InChI=1S/C10H13N.ClH/c1-2(11)10-7-4-3-5(7)9(10)6(3)8(4)10;/h2-9H,11H2,1H3;1H. The van der Waals surface area contributed by atoms with Gasteiger partial charge in [0.2, 0.25) is 0 Å². The SMILES string of the molecule is CC(N)C12C3C4C5C3C1C5C42.Cl. The predicted octanol–water partition coefficient (Wildman–Crippen LogP) is 1.12. The Morgan fingerprint density at radius 2 is 1.42 bits per heavy atom. The number of halogens is 1. The maximum atomic E-state index is 6.09. The fourth-order valence-electron chi connectivity index (χ4n) is 6.43. The molecule has 0 saturated heterocycles. The van der Waals surface area contributed by atoms with Crippen molar-refractivity contribution >= 4 is 12.4 Å². The molecule has 6 aliphatic rings. The average molecular weight is 184 g/mol. The molecule has 6 fully saturated rings. The van der Waals surface area contributed by atoms with Crippen molar-refractivity contribution in [2.24, 2.45) is 52.6 Å². The second-order valence-corrected chi connectivity index (χ2v) is 5.68. The first kappa shape index (κ1) is 6.67. The molecule has 0 aromatic carbocycles. The van der Waals surface area contributed by atoms with Gasteiger partial charge in [-0.1, -0.05) is 0 Å². The molecule has 1 unspecified atom stereocenters. The van der Waals surface area contributed by atoms with Gasteiger partial charge in [-0.15, -0.1) is 12.4 Å². The third-order valence-corrected chi connectivity index (χ3v) is 6.34. The van der Waals surface area contributed by atoms with Gasteiger partial charge in [-0.05, 0) is 53.8 Å². The first-order valence-electron chi connectivity index (χ1n) is 5.07. The zero-order valence-electron chi connectivity index (χ0n) is 7.10. The van der Waals surface area contributed by atoms with E-state index in [2.05, 4.69) is 6.92 Å². The number of hydrogen-bond acceptors (Lipinski definition) is 1. The molecule has 12 heavy (non-hydrogen) atoms. The Morgan fingerprint density at radius 1 is 1.00 bits per heavy atom. The Morgan fingerprint density at radius 3 is 1.67 bits per heavy atom. The molecule has 0 aromatic heterocycles. The van der Waals surface area contributed by atoms with Crippen molar-refractivity contribution in [1.29, 1.82) is 0 Å². The first-order chi connectivity index (χ1) is 5.31. The van der Waals surface area contributed by atoms with Gasteiger partial charge in [0.05, 0.1) is 0 Å². The van der Waals surface area contributed by atoms with Crippen LogP contribution in [0.1, 0.15) is 6.92 Å². The molecule has 2 N–H and O–H groups in total. The summed E-state index contributed by atoms with van der Waals surface area (Å²) in [7, 11) is 0. The van der Waals surface area contributed by atoms with Crippen molar-refractivity contribution < 1.29 is 0 Å². The lowest BCUT2D eigenvalue weighted by Crippen LogP contribution is -3.07. The Bertz CT molecular complexity index is 247.